The number of amides is 1. The van der Waals surface area contributed by atoms with Crippen LogP contribution in [0.1, 0.15) is 26.5 Å². The molecule has 0 aliphatic heterocycles. The van der Waals surface area contributed by atoms with Gasteiger partial charge in [-0.05, 0) is 25.1 Å². The van der Waals surface area contributed by atoms with Crippen molar-refractivity contribution in [2.75, 3.05) is 5.32 Å². The molecule has 0 atom stereocenters. The van der Waals surface area contributed by atoms with E-state index in [0.29, 0.717) is 22.1 Å². The monoisotopic (exact) mass is 328 g/mol. The third kappa shape index (κ3) is 3.11. The first-order chi connectivity index (χ1) is 11.0. The Morgan fingerprint density at radius 2 is 2.00 bits per heavy atom. The van der Waals surface area contributed by atoms with Crippen LogP contribution < -0.4 is 5.32 Å². The van der Waals surface area contributed by atoms with Gasteiger partial charge in [-0.15, -0.1) is 0 Å². The van der Waals surface area contributed by atoms with Crippen LogP contribution in [0.2, 0.25) is 0 Å². The van der Waals surface area contributed by atoms with E-state index in [4.69, 9.17) is 5.11 Å². The third-order valence-electron chi connectivity index (χ3n) is 3.09. The minimum atomic E-state index is -1.10. The number of nitrogens with one attached hydrogen (secondary N) is 2. The highest BCUT2D eigenvalue weighted by Crippen LogP contribution is 2.32. The fourth-order valence-electron chi connectivity index (χ4n) is 2.01. The number of rotatable bonds is 4. The number of carboxylic acid groups (broad SMARTS) is 1. The molecule has 1 aromatic carbocycles. The van der Waals surface area contributed by atoms with Crippen LogP contribution in [0, 0.1) is 6.92 Å². The van der Waals surface area contributed by atoms with E-state index in [-0.39, 0.29) is 11.6 Å². The number of aromatic amines is 1. The molecule has 2 heterocycles. The van der Waals surface area contributed by atoms with E-state index in [2.05, 4.69) is 20.5 Å². The van der Waals surface area contributed by atoms with Gasteiger partial charge >= 0.3 is 5.97 Å². The van der Waals surface area contributed by atoms with E-state index >= 15 is 0 Å². The average molecular weight is 328 g/mol. The fourth-order valence-corrected chi connectivity index (χ4v) is 2.93. The lowest BCUT2D eigenvalue weighted by atomic mass is 10.2. The van der Waals surface area contributed by atoms with E-state index in [1.165, 1.54) is 17.4 Å². The molecule has 1 amide bonds. The van der Waals surface area contributed by atoms with Gasteiger partial charge in [-0.25, -0.2) is 9.78 Å². The number of H-pyrrole nitrogens is 1. The summed E-state index contributed by atoms with van der Waals surface area (Å²) in [5.41, 5.74) is 1.70. The van der Waals surface area contributed by atoms with Crippen LogP contribution in [0.15, 0.2) is 36.4 Å². The summed E-state index contributed by atoms with van der Waals surface area (Å²) < 4.78 is 0. The van der Waals surface area contributed by atoms with Crippen molar-refractivity contribution in [3.8, 4) is 10.6 Å². The molecule has 0 saturated heterocycles. The summed E-state index contributed by atoms with van der Waals surface area (Å²) in [4.78, 5) is 28.0. The Morgan fingerprint density at radius 3 is 2.65 bits per heavy atom. The molecular weight excluding hydrogens is 316 g/mol. The van der Waals surface area contributed by atoms with Crippen LogP contribution in [0.3, 0.4) is 0 Å². The van der Waals surface area contributed by atoms with Crippen molar-refractivity contribution in [3.63, 3.8) is 0 Å². The molecule has 3 aromatic rings. The fraction of sp³-hybridized carbons (Fsp3) is 0.0667. The van der Waals surface area contributed by atoms with Crippen molar-refractivity contribution in [3.05, 3.63) is 53.3 Å². The third-order valence-corrected chi connectivity index (χ3v) is 4.20. The molecule has 8 heteroatoms. The van der Waals surface area contributed by atoms with Gasteiger partial charge in [0.2, 0.25) is 0 Å². The van der Waals surface area contributed by atoms with Crippen molar-refractivity contribution < 1.29 is 14.7 Å². The Hall–Kier alpha value is -3.00. The van der Waals surface area contributed by atoms with E-state index < -0.39 is 5.97 Å². The maximum absolute atomic E-state index is 12.1. The number of thiazole rings is 1. The van der Waals surface area contributed by atoms with Crippen LogP contribution in [0.4, 0.5) is 5.13 Å². The van der Waals surface area contributed by atoms with Gasteiger partial charge in [0.25, 0.3) is 5.91 Å². The molecule has 0 aliphatic carbocycles. The quantitative estimate of drug-likeness (QED) is 0.682. The summed E-state index contributed by atoms with van der Waals surface area (Å²) in [5, 5.41) is 18.5. The molecule has 3 N–H and O–H groups in total. The Labute approximate surface area is 135 Å². The number of nitrogens with zero attached hydrogens (tertiary/aromatic N) is 2. The second-order valence-corrected chi connectivity index (χ2v) is 5.72. The Bertz CT molecular complexity index is 870. The van der Waals surface area contributed by atoms with E-state index in [9.17, 15) is 9.59 Å². The molecule has 7 nitrogen and oxygen atoms in total. The second kappa shape index (κ2) is 6.01. The van der Waals surface area contributed by atoms with Gasteiger partial charge < -0.3 is 5.11 Å². The van der Waals surface area contributed by atoms with Gasteiger partial charge in [0.1, 0.15) is 0 Å². The van der Waals surface area contributed by atoms with Crippen molar-refractivity contribution in [1.82, 2.24) is 15.2 Å². The van der Waals surface area contributed by atoms with Crippen LogP contribution >= 0.6 is 11.3 Å². The molecule has 0 bridgehead atoms. The highest BCUT2D eigenvalue weighted by atomic mass is 32.1. The van der Waals surface area contributed by atoms with Gasteiger partial charge in [-0.2, -0.15) is 5.10 Å². The Kier molecular flexibility index (Phi) is 3.90. The van der Waals surface area contributed by atoms with Gasteiger partial charge in [0.15, 0.2) is 10.8 Å². The largest absolute Gasteiger partial charge is 0.476 e. The molecule has 0 aliphatic rings. The predicted molar refractivity (Wildman–Crippen MR) is 85.8 cm³/mol. The first-order valence-electron chi connectivity index (χ1n) is 6.67. The number of aromatic carboxylic acids is 1. The number of carbonyl (C=O) groups excluding carboxylic acids is 1. The summed E-state index contributed by atoms with van der Waals surface area (Å²) in [6.45, 7) is 1.78. The average Bonchev–Trinajstić information content (AvgIpc) is 3.15. The normalized spacial score (nSPS) is 10.5. The number of benzene rings is 1. The SMILES string of the molecule is Cc1nc(NC(=O)c2ccccc2)sc1-c1cc(C(=O)O)n[nH]1. The molecule has 0 radical (unpaired) electrons. The maximum atomic E-state index is 12.1. The van der Waals surface area contributed by atoms with Crippen LogP contribution in [0.5, 0.6) is 0 Å². The zero-order chi connectivity index (χ0) is 16.4. The molecule has 3 rings (SSSR count). The van der Waals surface area contributed by atoms with Crippen molar-refractivity contribution >= 4 is 28.3 Å². The standard InChI is InChI=1S/C15H12N4O3S/c1-8-12(10-7-11(14(21)22)19-18-10)23-15(16-8)17-13(20)9-5-3-2-4-6-9/h2-7H,1H3,(H,18,19)(H,21,22)(H,16,17,20). The topological polar surface area (TPSA) is 108 Å². The number of carbonyl (C=O) groups is 2. The molecule has 0 unspecified atom stereocenters. The number of aromatic nitrogens is 3. The first-order valence-corrected chi connectivity index (χ1v) is 7.49. The molecular formula is C15H12N4O3S. The van der Waals surface area contributed by atoms with Crippen LogP contribution in [-0.2, 0) is 0 Å². The Morgan fingerprint density at radius 1 is 1.26 bits per heavy atom. The van der Waals surface area contributed by atoms with Gasteiger partial charge in [0, 0.05) is 5.56 Å². The second-order valence-electron chi connectivity index (χ2n) is 4.73. The van der Waals surface area contributed by atoms with Gasteiger partial charge in [-0.1, -0.05) is 29.5 Å². The predicted octanol–water partition coefficient (Wildman–Crippen LogP) is 2.79. The van der Waals surface area contributed by atoms with E-state index in [1.54, 1.807) is 31.2 Å². The molecule has 2 aromatic heterocycles. The lowest BCUT2D eigenvalue weighted by Crippen LogP contribution is -2.11. The van der Waals surface area contributed by atoms with Crippen LogP contribution in [0.25, 0.3) is 10.6 Å². The zero-order valence-electron chi connectivity index (χ0n) is 12.0. The molecule has 116 valence electrons. The minimum absolute atomic E-state index is 0.0670. The number of anilines is 1. The smallest absolute Gasteiger partial charge is 0.356 e. The maximum Gasteiger partial charge on any atom is 0.356 e. The van der Waals surface area contributed by atoms with Crippen LogP contribution in [-0.4, -0.2) is 32.2 Å². The number of carboxylic acids is 1. The van der Waals surface area contributed by atoms with Gasteiger partial charge in [-0.3, -0.25) is 15.2 Å². The van der Waals surface area contributed by atoms with Gasteiger partial charge in [0.05, 0.1) is 16.3 Å². The summed E-state index contributed by atoms with van der Waals surface area (Å²) >= 11 is 1.25. The molecule has 0 fully saturated rings. The number of aryl methyl sites for hydroxylation is 1. The van der Waals surface area contributed by atoms with E-state index in [0.717, 1.165) is 4.88 Å². The highest BCUT2D eigenvalue weighted by Gasteiger charge is 2.16. The van der Waals surface area contributed by atoms with Crippen molar-refractivity contribution in [2.45, 2.75) is 6.92 Å². The van der Waals surface area contributed by atoms with Crippen molar-refractivity contribution in [2.24, 2.45) is 0 Å². The van der Waals surface area contributed by atoms with E-state index in [1.807, 2.05) is 6.07 Å². The summed E-state index contributed by atoms with van der Waals surface area (Å²) in [5.74, 6) is -1.35. The lowest BCUT2D eigenvalue weighted by molar-refractivity contribution is 0.0690. The van der Waals surface area contributed by atoms with Crippen molar-refractivity contribution in [1.29, 1.82) is 0 Å². The summed E-state index contributed by atoms with van der Waals surface area (Å²) in [7, 11) is 0. The number of hydrogen-bond donors (Lipinski definition) is 3. The first kappa shape index (κ1) is 14.9. The Balaban J connectivity index is 1.83. The number of hydrogen-bond acceptors (Lipinski definition) is 5. The summed E-state index contributed by atoms with van der Waals surface area (Å²) in [6.07, 6.45) is 0. The molecule has 0 spiro atoms. The molecule has 23 heavy (non-hydrogen) atoms. The lowest BCUT2D eigenvalue weighted by Gasteiger charge is -2.00. The zero-order valence-corrected chi connectivity index (χ0v) is 12.8. The summed E-state index contributed by atoms with van der Waals surface area (Å²) in [6, 6.07) is 10.3. The highest BCUT2D eigenvalue weighted by molar-refractivity contribution is 7.19. The molecule has 0 saturated carbocycles. The minimum Gasteiger partial charge on any atom is -0.476 e.